The van der Waals surface area contributed by atoms with Crippen molar-refractivity contribution in [2.45, 2.75) is 25.4 Å². The van der Waals surface area contributed by atoms with Gasteiger partial charge in [-0.25, -0.2) is 19.3 Å². The number of hydrogen-bond acceptors (Lipinski definition) is 10. The highest BCUT2D eigenvalue weighted by Crippen LogP contribution is 2.41. The average molecular weight is 645 g/mol. The number of alkyl halides is 3. The first-order chi connectivity index (χ1) is 20.2. The number of nitrogens with zero attached hydrogens (tertiary/aromatic N) is 8. The highest BCUT2D eigenvalue weighted by Gasteiger charge is 2.39. The summed E-state index contributed by atoms with van der Waals surface area (Å²) >= 11 is 5.93. The summed E-state index contributed by atoms with van der Waals surface area (Å²) in [6.07, 6.45) is -6.58. The molecule has 1 aliphatic rings. The van der Waals surface area contributed by atoms with Crippen LogP contribution in [0.4, 0.5) is 19.1 Å². The predicted molar refractivity (Wildman–Crippen MR) is 149 cm³/mol. The molecule has 5 rings (SSSR count). The SMILES string of the molecule is O=C(O)c1ncccc1-n1nc(Cn2nc(-c3ccc(Cl)cc3)n(C[C@@H](O)C(F)(F)F)c2=O)nc1N1CCS(O)(O)CC1. The normalized spacial score (nSPS) is 16.7. The molecule has 0 aliphatic carbocycles. The fourth-order valence-electron chi connectivity index (χ4n) is 4.37. The Bertz CT molecular complexity index is 1700. The minimum atomic E-state index is -5.00. The molecule has 230 valence electrons. The predicted octanol–water partition coefficient (Wildman–Crippen LogP) is 2.58. The molecule has 4 heterocycles. The summed E-state index contributed by atoms with van der Waals surface area (Å²) in [6.45, 7) is -1.28. The lowest BCUT2D eigenvalue weighted by atomic mass is 10.2. The molecule has 1 fully saturated rings. The zero-order chi connectivity index (χ0) is 31.1. The molecule has 1 aliphatic heterocycles. The maximum absolute atomic E-state index is 13.3. The molecular formula is C24H24ClF3N8O6S. The fourth-order valence-corrected chi connectivity index (χ4v) is 5.72. The van der Waals surface area contributed by atoms with Crippen LogP contribution in [0.3, 0.4) is 0 Å². The van der Waals surface area contributed by atoms with Crippen molar-refractivity contribution in [3.8, 4) is 17.1 Å². The number of carbonyl (C=O) groups is 1. The van der Waals surface area contributed by atoms with Gasteiger partial charge in [-0.3, -0.25) is 13.7 Å². The van der Waals surface area contributed by atoms with Gasteiger partial charge < -0.3 is 15.1 Å². The van der Waals surface area contributed by atoms with Crippen LogP contribution in [0.2, 0.25) is 5.02 Å². The van der Waals surface area contributed by atoms with Gasteiger partial charge >= 0.3 is 17.8 Å². The number of hydrogen-bond donors (Lipinski definition) is 4. The number of halogens is 4. The van der Waals surface area contributed by atoms with Gasteiger partial charge in [-0.2, -0.15) is 33.4 Å². The molecule has 1 atom stereocenters. The Morgan fingerprint density at radius 2 is 1.77 bits per heavy atom. The lowest BCUT2D eigenvalue weighted by Crippen LogP contribution is -2.39. The third-order valence-electron chi connectivity index (χ3n) is 6.56. The van der Waals surface area contributed by atoms with Gasteiger partial charge in [-0.15, -0.1) is 10.2 Å². The van der Waals surface area contributed by atoms with E-state index in [4.69, 9.17) is 11.6 Å². The van der Waals surface area contributed by atoms with Gasteiger partial charge in [0.15, 0.2) is 23.4 Å². The molecule has 19 heteroatoms. The Kier molecular flexibility index (Phi) is 8.23. The Balaban J connectivity index is 1.58. The molecule has 0 spiro atoms. The summed E-state index contributed by atoms with van der Waals surface area (Å²) < 4.78 is 62.5. The van der Waals surface area contributed by atoms with Crippen molar-refractivity contribution in [2.75, 3.05) is 29.5 Å². The van der Waals surface area contributed by atoms with Crippen LogP contribution < -0.4 is 10.6 Å². The highest BCUT2D eigenvalue weighted by atomic mass is 35.5. The van der Waals surface area contributed by atoms with E-state index in [0.29, 0.717) is 9.59 Å². The molecule has 4 aromatic rings. The third kappa shape index (κ3) is 6.52. The van der Waals surface area contributed by atoms with Crippen LogP contribution in [0.5, 0.6) is 0 Å². The molecular weight excluding hydrogens is 621 g/mol. The molecule has 1 saturated heterocycles. The van der Waals surface area contributed by atoms with E-state index in [-0.39, 0.29) is 59.1 Å². The molecule has 0 bridgehead atoms. The first-order valence-electron chi connectivity index (χ1n) is 12.5. The maximum Gasteiger partial charge on any atom is 0.416 e. The van der Waals surface area contributed by atoms with Gasteiger partial charge in [-0.1, -0.05) is 11.6 Å². The van der Waals surface area contributed by atoms with E-state index in [1.54, 1.807) is 4.90 Å². The van der Waals surface area contributed by atoms with Crippen LogP contribution >= 0.6 is 22.2 Å². The van der Waals surface area contributed by atoms with Gasteiger partial charge in [0.05, 0.1) is 18.1 Å². The Hall–Kier alpha value is -3.97. The molecule has 43 heavy (non-hydrogen) atoms. The standard InChI is InChI=1S/C24H24ClF3N8O6S/c25-15-5-3-14(4-6-15)20-32-35(23(40)34(20)12-17(37)24(26,27)28)13-18-30-22(33-8-10-43(41,42)11-9-33)36(31-18)16-2-1-7-29-19(16)21(38)39/h1-7,17,37,41-42H,8-13H2,(H,38,39)/t17-/m1/s1. The van der Waals surface area contributed by atoms with Crippen LogP contribution in [0, 0.1) is 0 Å². The molecule has 0 unspecified atom stereocenters. The van der Waals surface area contributed by atoms with E-state index in [1.165, 1.54) is 47.3 Å². The quantitative estimate of drug-likeness (QED) is 0.221. The Morgan fingerprint density at radius 3 is 2.40 bits per heavy atom. The van der Waals surface area contributed by atoms with E-state index >= 15 is 0 Å². The minimum Gasteiger partial charge on any atom is -0.476 e. The molecule has 1 aromatic carbocycles. The summed E-state index contributed by atoms with van der Waals surface area (Å²) in [5, 5.41) is 28.3. The minimum absolute atomic E-state index is 0.0316. The second-order valence-electron chi connectivity index (χ2n) is 9.55. The van der Waals surface area contributed by atoms with Crippen molar-refractivity contribution in [2.24, 2.45) is 0 Å². The van der Waals surface area contributed by atoms with Crippen LogP contribution in [0.15, 0.2) is 47.4 Å². The van der Waals surface area contributed by atoms with Gasteiger partial charge in [0.25, 0.3) is 0 Å². The second kappa shape index (κ2) is 11.6. The Labute approximate surface area is 247 Å². The molecule has 0 radical (unpaired) electrons. The van der Waals surface area contributed by atoms with Crippen LogP contribution in [-0.4, -0.2) is 96.3 Å². The molecule has 14 nitrogen and oxygen atoms in total. The summed E-state index contributed by atoms with van der Waals surface area (Å²) in [5.41, 5.74) is -1.06. The number of aliphatic hydroxyl groups is 1. The van der Waals surface area contributed by atoms with Crippen molar-refractivity contribution in [1.82, 2.24) is 34.1 Å². The Morgan fingerprint density at radius 1 is 1.09 bits per heavy atom. The molecule has 0 saturated carbocycles. The maximum atomic E-state index is 13.3. The molecule has 0 amide bonds. The van der Waals surface area contributed by atoms with E-state index in [9.17, 15) is 42.1 Å². The molecule has 4 N–H and O–H groups in total. The number of carboxylic acid groups (broad SMARTS) is 1. The summed E-state index contributed by atoms with van der Waals surface area (Å²) in [4.78, 5) is 35.2. The van der Waals surface area contributed by atoms with Gasteiger partial charge in [-0.05, 0) is 36.4 Å². The molecule has 3 aromatic heterocycles. The monoisotopic (exact) mass is 644 g/mol. The largest absolute Gasteiger partial charge is 0.476 e. The van der Waals surface area contributed by atoms with Gasteiger partial charge in [0.1, 0.15) is 12.2 Å². The zero-order valence-corrected chi connectivity index (χ0v) is 23.5. The van der Waals surface area contributed by atoms with E-state index in [0.717, 1.165) is 4.68 Å². The van der Waals surface area contributed by atoms with Gasteiger partial charge in [0.2, 0.25) is 5.95 Å². The second-order valence-corrected chi connectivity index (χ2v) is 12.4. The lowest BCUT2D eigenvalue weighted by molar-refractivity contribution is -0.207. The summed E-state index contributed by atoms with van der Waals surface area (Å²) in [6, 6.07) is 8.74. The van der Waals surface area contributed by atoms with Gasteiger partial charge in [0, 0.05) is 29.9 Å². The number of benzene rings is 1. The van der Waals surface area contributed by atoms with E-state index in [2.05, 4.69) is 20.2 Å². The third-order valence-corrected chi connectivity index (χ3v) is 8.48. The van der Waals surface area contributed by atoms with Crippen molar-refractivity contribution in [3.05, 3.63) is 69.6 Å². The average Bonchev–Trinajstić information content (AvgIpc) is 3.50. The summed E-state index contributed by atoms with van der Waals surface area (Å²) in [5.74, 6) is -1.40. The van der Waals surface area contributed by atoms with Crippen molar-refractivity contribution >= 4 is 34.1 Å². The first-order valence-corrected chi connectivity index (χ1v) is 14.8. The van der Waals surface area contributed by atoms with E-state index < -0.39 is 47.6 Å². The van der Waals surface area contributed by atoms with Crippen LogP contribution in [0.25, 0.3) is 17.1 Å². The van der Waals surface area contributed by atoms with Crippen molar-refractivity contribution in [1.29, 1.82) is 0 Å². The van der Waals surface area contributed by atoms with E-state index in [1.807, 2.05) is 0 Å². The number of aromatic carboxylic acids is 1. The smallest absolute Gasteiger partial charge is 0.416 e. The first kappa shape index (κ1) is 30.5. The van der Waals surface area contributed by atoms with Crippen molar-refractivity contribution in [3.63, 3.8) is 0 Å². The number of anilines is 1. The number of carboxylic acids is 1. The number of aromatic nitrogens is 7. The topological polar surface area (TPSA) is 185 Å². The highest BCUT2D eigenvalue weighted by molar-refractivity contribution is 8.24. The fraction of sp³-hybridized carbons (Fsp3) is 0.333. The lowest BCUT2D eigenvalue weighted by Gasteiger charge is -2.41. The van der Waals surface area contributed by atoms with Crippen molar-refractivity contribution < 1.29 is 37.3 Å². The summed E-state index contributed by atoms with van der Waals surface area (Å²) in [7, 11) is -2.79. The zero-order valence-electron chi connectivity index (χ0n) is 22.0. The van der Waals surface area contributed by atoms with Crippen LogP contribution in [-0.2, 0) is 13.1 Å². The number of rotatable bonds is 8. The number of aliphatic hydroxyl groups excluding tert-OH is 1. The number of pyridine rings is 1. The van der Waals surface area contributed by atoms with Crippen LogP contribution in [0.1, 0.15) is 16.3 Å².